The van der Waals surface area contributed by atoms with E-state index in [1.54, 1.807) is 4.90 Å². The number of nitrogens with zero attached hydrogens (tertiary/aromatic N) is 3. The SMILES string of the molecule is O=C(C1CN(c2ncc(Br)cc2F)CCO1)N1CCC(F)(F)CC1. The Morgan fingerprint density at radius 2 is 2.04 bits per heavy atom. The Hall–Kier alpha value is -1.35. The van der Waals surface area contributed by atoms with Crippen molar-refractivity contribution in [1.29, 1.82) is 0 Å². The van der Waals surface area contributed by atoms with E-state index in [9.17, 15) is 18.0 Å². The molecule has 24 heavy (non-hydrogen) atoms. The van der Waals surface area contributed by atoms with E-state index >= 15 is 0 Å². The van der Waals surface area contributed by atoms with Gasteiger partial charge in [-0.05, 0) is 22.0 Å². The first-order valence-corrected chi connectivity index (χ1v) is 8.49. The molecule has 0 saturated carbocycles. The topological polar surface area (TPSA) is 45.7 Å². The lowest BCUT2D eigenvalue weighted by Gasteiger charge is -2.38. The predicted molar refractivity (Wildman–Crippen MR) is 84.6 cm³/mol. The van der Waals surface area contributed by atoms with Crippen LogP contribution in [0.2, 0.25) is 0 Å². The van der Waals surface area contributed by atoms with Gasteiger partial charge in [0, 0.05) is 43.1 Å². The number of amides is 1. The molecule has 1 atom stereocenters. The first-order valence-electron chi connectivity index (χ1n) is 7.70. The van der Waals surface area contributed by atoms with Gasteiger partial charge in [0.25, 0.3) is 11.8 Å². The number of morpholine rings is 1. The number of hydrogen-bond donors (Lipinski definition) is 0. The van der Waals surface area contributed by atoms with Crippen LogP contribution < -0.4 is 4.90 Å². The van der Waals surface area contributed by atoms with Gasteiger partial charge in [-0.15, -0.1) is 0 Å². The molecule has 0 aliphatic carbocycles. The zero-order valence-corrected chi connectivity index (χ0v) is 14.4. The van der Waals surface area contributed by atoms with Crippen molar-refractivity contribution >= 4 is 27.7 Å². The van der Waals surface area contributed by atoms with Crippen LogP contribution in [0.25, 0.3) is 0 Å². The fraction of sp³-hybridized carbons (Fsp3) is 0.600. The van der Waals surface area contributed by atoms with Crippen LogP contribution >= 0.6 is 15.9 Å². The van der Waals surface area contributed by atoms with Crippen LogP contribution in [0, 0.1) is 5.82 Å². The number of alkyl halides is 2. The van der Waals surface area contributed by atoms with Gasteiger partial charge in [-0.2, -0.15) is 0 Å². The largest absolute Gasteiger partial charge is 0.365 e. The number of anilines is 1. The zero-order valence-electron chi connectivity index (χ0n) is 12.9. The highest BCUT2D eigenvalue weighted by molar-refractivity contribution is 9.10. The first-order chi connectivity index (χ1) is 11.4. The summed E-state index contributed by atoms with van der Waals surface area (Å²) in [6.07, 6.45) is 0.0171. The standard InChI is InChI=1S/C15H17BrF3N3O2/c16-10-7-11(17)13(20-8-10)22-5-6-24-12(9-22)14(23)21-3-1-15(18,19)2-4-21/h7-8,12H,1-6,9H2. The molecule has 132 valence electrons. The number of carbonyl (C=O) groups is 1. The second-order valence-corrected chi connectivity index (χ2v) is 6.86. The van der Waals surface area contributed by atoms with E-state index in [-0.39, 0.29) is 50.8 Å². The molecular weight excluding hydrogens is 391 g/mol. The van der Waals surface area contributed by atoms with Gasteiger partial charge in [0.05, 0.1) is 13.2 Å². The molecule has 2 aliphatic rings. The maximum absolute atomic E-state index is 14.0. The van der Waals surface area contributed by atoms with Crippen LogP contribution in [0.15, 0.2) is 16.7 Å². The Kier molecular flexibility index (Phi) is 5.00. The van der Waals surface area contributed by atoms with E-state index in [0.29, 0.717) is 11.0 Å². The van der Waals surface area contributed by atoms with Crippen LogP contribution in [-0.4, -0.2) is 60.6 Å². The fourth-order valence-electron chi connectivity index (χ4n) is 2.89. The molecule has 3 rings (SSSR count). The number of pyridine rings is 1. The van der Waals surface area contributed by atoms with Crippen molar-refractivity contribution in [2.45, 2.75) is 24.9 Å². The summed E-state index contributed by atoms with van der Waals surface area (Å²) in [6, 6.07) is 1.31. The van der Waals surface area contributed by atoms with Gasteiger partial charge in [-0.1, -0.05) is 0 Å². The molecule has 1 amide bonds. The second kappa shape index (κ2) is 6.87. The van der Waals surface area contributed by atoms with E-state index in [1.165, 1.54) is 17.2 Å². The third-order valence-corrected chi connectivity index (χ3v) is 4.67. The average Bonchev–Trinajstić information content (AvgIpc) is 2.54. The van der Waals surface area contributed by atoms with Crippen molar-refractivity contribution in [3.63, 3.8) is 0 Å². The molecule has 2 fully saturated rings. The summed E-state index contributed by atoms with van der Waals surface area (Å²) in [5.41, 5.74) is 0. The van der Waals surface area contributed by atoms with E-state index in [2.05, 4.69) is 20.9 Å². The molecule has 0 spiro atoms. The minimum Gasteiger partial charge on any atom is -0.365 e. The van der Waals surface area contributed by atoms with Crippen molar-refractivity contribution in [1.82, 2.24) is 9.88 Å². The van der Waals surface area contributed by atoms with Crippen molar-refractivity contribution in [3.05, 3.63) is 22.6 Å². The lowest BCUT2D eigenvalue weighted by molar-refractivity contribution is -0.150. The Labute approximate surface area is 145 Å². The Morgan fingerprint density at radius 1 is 1.33 bits per heavy atom. The highest BCUT2D eigenvalue weighted by Gasteiger charge is 2.38. The smallest absolute Gasteiger partial charge is 0.253 e. The second-order valence-electron chi connectivity index (χ2n) is 5.95. The maximum atomic E-state index is 14.0. The summed E-state index contributed by atoms with van der Waals surface area (Å²) < 4.78 is 46.5. The molecule has 9 heteroatoms. The summed E-state index contributed by atoms with van der Waals surface area (Å²) in [5, 5.41) is 0. The lowest BCUT2D eigenvalue weighted by Crippen LogP contribution is -2.53. The summed E-state index contributed by atoms with van der Waals surface area (Å²) >= 11 is 3.15. The molecule has 0 N–H and O–H groups in total. The van der Waals surface area contributed by atoms with Crippen LogP contribution in [-0.2, 0) is 9.53 Å². The number of rotatable bonds is 2. The molecule has 5 nitrogen and oxygen atoms in total. The van der Waals surface area contributed by atoms with Gasteiger partial charge in [0.15, 0.2) is 17.7 Å². The number of aromatic nitrogens is 1. The van der Waals surface area contributed by atoms with Gasteiger partial charge in [0.2, 0.25) is 0 Å². The first kappa shape index (κ1) is 17.5. The zero-order chi connectivity index (χ0) is 17.3. The molecule has 2 saturated heterocycles. The molecule has 2 aliphatic heterocycles. The average molecular weight is 408 g/mol. The molecule has 0 aromatic carbocycles. The highest BCUT2D eigenvalue weighted by Crippen LogP contribution is 2.29. The Bertz CT molecular complexity index is 622. The molecule has 0 radical (unpaired) electrons. The minimum atomic E-state index is -2.71. The monoisotopic (exact) mass is 407 g/mol. The van der Waals surface area contributed by atoms with Gasteiger partial charge < -0.3 is 14.5 Å². The number of carbonyl (C=O) groups excluding carboxylic acids is 1. The number of halogens is 4. The van der Waals surface area contributed by atoms with E-state index in [1.807, 2.05) is 0 Å². The van der Waals surface area contributed by atoms with Crippen molar-refractivity contribution in [3.8, 4) is 0 Å². The molecule has 0 bridgehead atoms. The highest BCUT2D eigenvalue weighted by atomic mass is 79.9. The molecular formula is C15H17BrF3N3O2. The van der Waals surface area contributed by atoms with Crippen molar-refractivity contribution in [2.24, 2.45) is 0 Å². The number of likely N-dealkylation sites (tertiary alicyclic amines) is 1. The van der Waals surface area contributed by atoms with Gasteiger partial charge in [-0.3, -0.25) is 4.79 Å². The van der Waals surface area contributed by atoms with Crippen LogP contribution in [0.3, 0.4) is 0 Å². The fourth-order valence-corrected chi connectivity index (χ4v) is 3.19. The maximum Gasteiger partial charge on any atom is 0.253 e. The number of hydrogen-bond acceptors (Lipinski definition) is 4. The third kappa shape index (κ3) is 3.83. The molecule has 3 heterocycles. The van der Waals surface area contributed by atoms with Crippen LogP contribution in [0.4, 0.5) is 19.0 Å². The third-order valence-electron chi connectivity index (χ3n) is 4.24. The molecule has 1 aromatic rings. The van der Waals surface area contributed by atoms with E-state index < -0.39 is 17.8 Å². The number of piperidine rings is 1. The van der Waals surface area contributed by atoms with Crippen molar-refractivity contribution < 1.29 is 22.7 Å². The number of ether oxygens (including phenoxy) is 1. The predicted octanol–water partition coefficient (Wildman–Crippen LogP) is 2.45. The lowest BCUT2D eigenvalue weighted by atomic mass is 10.1. The normalized spacial score (nSPS) is 24.1. The minimum absolute atomic E-state index is 0.0105. The van der Waals surface area contributed by atoms with E-state index in [4.69, 9.17) is 4.74 Å². The van der Waals surface area contributed by atoms with Gasteiger partial charge in [-0.25, -0.2) is 18.2 Å². The Morgan fingerprint density at radius 3 is 2.71 bits per heavy atom. The molecule has 1 aromatic heterocycles. The van der Waals surface area contributed by atoms with Gasteiger partial charge >= 0.3 is 0 Å². The quantitative estimate of drug-likeness (QED) is 0.755. The van der Waals surface area contributed by atoms with Crippen LogP contribution in [0.5, 0.6) is 0 Å². The summed E-state index contributed by atoms with van der Waals surface area (Å²) in [4.78, 5) is 19.6. The van der Waals surface area contributed by atoms with E-state index in [0.717, 1.165) is 0 Å². The van der Waals surface area contributed by atoms with Crippen molar-refractivity contribution in [2.75, 3.05) is 37.7 Å². The van der Waals surface area contributed by atoms with Gasteiger partial charge in [0.1, 0.15) is 0 Å². The molecule has 1 unspecified atom stereocenters. The summed E-state index contributed by atoms with van der Waals surface area (Å²) in [6.45, 7) is 0.829. The Balaban J connectivity index is 1.66. The van der Waals surface area contributed by atoms with Crippen LogP contribution in [0.1, 0.15) is 12.8 Å². The summed E-state index contributed by atoms with van der Waals surface area (Å²) in [7, 11) is 0. The summed E-state index contributed by atoms with van der Waals surface area (Å²) in [5.74, 6) is -3.37.